The van der Waals surface area contributed by atoms with Crippen LogP contribution < -0.4 is 10.4 Å². The van der Waals surface area contributed by atoms with E-state index in [1.807, 2.05) is 31.2 Å². The first-order valence-electron chi connectivity index (χ1n) is 7.92. The van der Waals surface area contributed by atoms with Gasteiger partial charge in [0.25, 0.3) is 0 Å². The number of thiazole rings is 1. The fourth-order valence-corrected chi connectivity index (χ4v) is 4.43. The van der Waals surface area contributed by atoms with Crippen LogP contribution in [-0.4, -0.2) is 16.7 Å². The van der Waals surface area contributed by atoms with E-state index in [9.17, 15) is 9.59 Å². The lowest BCUT2D eigenvalue weighted by Gasteiger charge is -2.04. The number of benzene rings is 2. The molecule has 4 aromatic rings. The van der Waals surface area contributed by atoms with Crippen molar-refractivity contribution in [3.05, 3.63) is 64.5 Å². The van der Waals surface area contributed by atoms with Crippen molar-refractivity contribution in [3.8, 4) is 5.75 Å². The van der Waals surface area contributed by atoms with Gasteiger partial charge < -0.3 is 9.15 Å². The fraction of sp³-hybridized carbons (Fsp3) is 0.105. The maximum Gasteiger partial charge on any atom is 0.348 e. The Hall–Kier alpha value is -2.64. The van der Waals surface area contributed by atoms with Crippen LogP contribution in [0, 0.1) is 0 Å². The SMILES string of the molecule is CCOc1ccc2cc(C(=O)Sc3nc4ccccc4s3)c(=O)oc2c1. The first kappa shape index (κ1) is 16.8. The van der Waals surface area contributed by atoms with Crippen LogP contribution in [0.3, 0.4) is 0 Å². The number of fused-ring (bicyclic) bond motifs is 2. The number of carbonyl (C=O) groups is 1. The Morgan fingerprint density at radius 2 is 2.08 bits per heavy atom. The second-order valence-electron chi connectivity index (χ2n) is 5.42. The Kier molecular flexibility index (Phi) is 4.48. The van der Waals surface area contributed by atoms with E-state index >= 15 is 0 Å². The van der Waals surface area contributed by atoms with E-state index in [1.54, 1.807) is 24.3 Å². The summed E-state index contributed by atoms with van der Waals surface area (Å²) in [6.45, 7) is 2.40. The molecule has 0 aliphatic rings. The number of para-hydroxylation sites is 1. The van der Waals surface area contributed by atoms with Crippen molar-refractivity contribution >= 4 is 49.4 Å². The Morgan fingerprint density at radius 1 is 1.23 bits per heavy atom. The van der Waals surface area contributed by atoms with Gasteiger partial charge in [0.05, 0.1) is 16.8 Å². The lowest BCUT2D eigenvalue weighted by atomic mass is 10.2. The number of hydrogen-bond acceptors (Lipinski definition) is 7. The van der Waals surface area contributed by atoms with Crippen molar-refractivity contribution in [2.24, 2.45) is 0 Å². The van der Waals surface area contributed by atoms with Gasteiger partial charge in [0, 0.05) is 11.5 Å². The van der Waals surface area contributed by atoms with Gasteiger partial charge in [0.1, 0.15) is 16.9 Å². The molecule has 7 heteroatoms. The largest absolute Gasteiger partial charge is 0.494 e. The van der Waals surface area contributed by atoms with Gasteiger partial charge in [-0.3, -0.25) is 4.79 Å². The number of aromatic nitrogens is 1. The van der Waals surface area contributed by atoms with Crippen LogP contribution in [0.2, 0.25) is 0 Å². The third kappa shape index (κ3) is 3.23. The summed E-state index contributed by atoms with van der Waals surface area (Å²) in [6.07, 6.45) is 0. The van der Waals surface area contributed by atoms with Gasteiger partial charge in [0.2, 0.25) is 5.12 Å². The fourth-order valence-electron chi connectivity index (χ4n) is 2.52. The van der Waals surface area contributed by atoms with Crippen molar-refractivity contribution in [1.82, 2.24) is 4.98 Å². The van der Waals surface area contributed by atoms with Crippen molar-refractivity contribution in [1.29, 1.82) is 0 Å². The molecule has 0 unspecified atom stereocenters. The van der Waals surface area contributed by atoms with Crippen LogP contribution in [0.15, 0.2) is 62.1 Å². The molecule has 0 atom stereocenters. The van der Waals surface area contributed by atoms with E-state index < -0.39 is 5.63 Å². The average Bonchev–Trinajstić information content (AvgIpc) is 3.03. The van der Waals surface area contributed by atoms with Crippen LogP contribution in [-0.2, 0) is 0 Å². The monoisotopic (exact) mass is 383 g/mol. The first-order valence-corrected chi connectivity index (χ1v) is 9.56. The summed E-state index contributed by atoms with van der Waals surface area (Å²) in [6, 6.07) is 14.4. The number of rotatable bonds is 4. The molecule has 2 aromatic heterocycles. The Balaban J connectivity index is 1.66. The summed E-state index contributed by atoms with van der Waals surface area (Å²) in [5, 5.41) is 0.287. The molecule has 0 fully saturated rings. The molecular weight excluding hydrogens is 370 g/mol. The lowest BCUT2D eigenvalue weighted by Crippen LogP contribution is -2.11. The van der Waals surface area contributed by atoms with Gasteiger partial charge >= 0.3 is 5.63 Å². The average molecular weight is 383 g/mol. The van der Waals surface area contributed by atoms with Crippen molar-refractivity contribution in [3.63, 3.8) is 0 Å². The zero-order chi connectivity index (χ0) is 18.1. The highest BCUT2D eigenvalue weighted by atomic mass is 32.2. The van der Waals surface area contributed by atoms with Crippen LogP contribution in [0.1, 0.15) is 17.3 Å². The molecule has 0 aliphatic heterocycles. The highest BCUT2D eigenvalue weighted by Crippen LogP contribution is 2.31. The van der Waals surface area contributed by atoms with E-state index in [0.717, 1.165) is 22.0 Å². The topological polar surface area (TPSA) is 69.4 Å². The molecule has 130 valence electrons. The summed E-state index contributed by atoms with van der Waals surface area (Å²) in [4.78, 5) is 29.2. The van der Waals surface area contributed by atoms with Crippen molar-refractivity contribution in [2.75, 3.05) is 6.61 Å². The van der Waals surface area contributed by atoms with E-state index in [2.05, 4.69) is 4.98 Å². The summed E-state index contributed by atoms with van der Waals surface area (Å²) < 4.78 is 12.3. The van der Waals surface area contributed by atoms with E-state index in [1.165, 1.54) is 11.3 Å². The molecule has 5 nitrogen and oxygen atoms in total. The number of hydrogen-bond donors (Lipinski definition) is 0. The molecule has 0 N–H and O–H groups in total. The molecule has 0 amide bonds. The highest BCUT2D eigenvalue weighted by Gasteiger charge is 2.17. The van der Waals surface area contributed by atoms with E-state index in [0.29, 0.717) is 27.7 Å². The van der Waals surface area contributed by atoms with Crippen LogP contribution in [0.4, 0.5) is 0 Å². The minimum Gasteiger partial charge on any atom is -0.494 e. The predicted octanol–water partition coefficient (Wildman–Crippen LogP) is 4.73. The summed E-state index contributed by atoms with van der Waals surface area (Å²) in [7, 11) is 0. The molecular formula is C19H13NO4S2. The molecule has 26 heavy (non-hydrogen) atoms. The van der Waals surface area contributed by atoms with Gasteiger partial charge in [-0.15, -0.1) is 11.3 Å². The third-order valence-electron chi connectivity index (χ3n) is 3.69. The van der Waals surface area contributed by atoms with Gasteiger partial charge in [-0.2, -0.15) is 0 Å². The molecule has 0 bridgehead atoms. The zero-order valence-electron chi connectivity index (χ0n) is 13.7. The molecule has 2 heterocycles. The van der Waals surface area contributed by atoms with Crippen LogP contribution in [0.25, 0.3) is 21.2 Å². The van der Waals surface area contributed by atoms with Crippen LogP contribution >= 0.6 is 23.1 Å². The van der Waals surface area contributed by atoms with Gasteiger partial charge in [-0.1, -0.05) is 12.1 Å². The minimum absolute atomic E-state index is 0.00548. The van der Waals surface area contributed by atoms with Crippen molar-refractivity contribution in [2.45, 2.75) is 11.3 Å². The third-order valence-corrected chi connectivity index (χ3v) is 5.69. The Labute approximate surface area is 156 Å². The number of thioether (sulfide) groups is 1. The first-order chi connectivity index (χ1) is 12.6. The molecule has 0 saturated carbocycles. The van der Waals surface area contributed by atoms with Crippen molar-refractivity contribution < 1.29 is 13.9 Å². The molecule has 0 spiro atoms. The Morgan fingerprint density at radius 3 is 2.88 bits per heavy atom. The molecule has 2 aromatic carbocycles. The second kappa shape index (κ2) is 6.93. The number of nitrogens with zero attached hydrogens (tertiary/aromatic N) is 1. The molecule has 0 saturated heterocycles. The number of ether oxygens (including phenoxy) is 1. The summed E-state index contributed by atoms with van der Waals surface area (Å²) in [5.74, 6) is 0.617. The zero-order valence-corrected chi connectivity index (χ0v) is 15.4. The van der Waals surface area contributed by atoms with E-state index in [-0.39, 0.29) is 10.7 Å². The quantitative estimate of drug-likeness (QED) is 0.375. The summed E-state index contributed by atoms with van der Waals surface area (Å²) in [5.41, 5.74) is 0.569. The lowest BCUT2D eigenvalue weighted by molar-refractivity contribution is 0.108. The standard InChI is InChI=1S/C19H13NO4S2/c1-2-23-12-8-7-11-9-13(17(21)24-15(11)10-12)18(22)26-19-20-14-5-3-4-6-16(14)25-19/h3-10H,2H2,1H3. The molecule has 4 rings (SSSR count). The minimum atomic E-state index is -0.662. The molecule has 0 radical (unpaired) electrons. The second-order valence-corrected chi connectivity index (χ2v) is 7.67. The highest BCUT2D eigenvalue weighted by molar-refractivity contribution is 8.15. The number of carbonyl (C=O) groups excluding carboxylic acids is 1. The maximum atomic E-state index is 12.6. The van der Waals surface area contributed by atoms with Gasteiger partial charge in [-0.05, 0) is 49.0 Å². The smallest absolute Gasteiger partial charge is 0.348 e. The Bertz CT molecular complexity index is 1150. The normalized spacial score (nSPS) is 11.1. The van der Waals surface area contributed by atoms with Crippen LogP contribution in [0.5, 0.6) is 5.75 Å². The predicted molar refractivity (Wildman–Crippen MR) is 103 cm³/mol. The van der Waals surface area contributed by atoms with Gasteiger partial charge in [-0.25, -0.2) is 9.78 Å². The molecule has 0 aliphatic carbocycles. The summed E-state index contributed by atoms with van der Waals surface area (Å²) >= 11 is 2.36. The van der Waals surface area contributed by atoms with Gasteiger partial charge in [0.15, 0.2) is 4.34 Å². The maximum absolute atomic E-state index is 12.6. The van der Waals surface area contributed by atoms with E-state index in [4.69, 9.17) is 9.15 Å².